The molecule has 0 spiro atoms. The minimum atomic E-state index is 0.00465. The molecule has 0 saturated heterocycles. The molecule has 1 atom stereocenters. The molecule has 38 heavy (non-hydrogen) atoms. The first-order valence-corrected chi connectivity index (χ1v) is 14.1. The molecule has 0 amide bonds. The van der Waals surface area contributed by atoms with Gasteiger partial charge >= 0.3 is 0 Å². The molecule has 0 bridgehead atoms. The second-order valence-electron chi connectivity index (χ2n) is 11.3. The van der Waals surface area contributed by atoms with Gasteiger partial charge < -0.3 is 19.3 Å². The first-order valence-electron chi connectivity index (χ1n) is 13.2. The Balaban J connectivity index is 1.39. The Kier molecular flexibility index (Phi) is 6.58. The number of thiazole rings is 1. The van der Waals surface area contributed by atoms with E-state index in [-0.39, 0.29) is 11.5 Å². The fourth-order valence-electron chi connectivity index (χ4n) is 5.75. The highest BCUT2D eigenvalue weighted by molar-refractivity contribution is 7.16. The molecule has 7 nitrogen and oxygen atoms in total. The fourth-order valence-corrected chi connectivity index (χ4v) is 6.41. The first-order chi connectivity index (χ1) is 18.3. The van der Waals surface area contributed by atoms with Crippen LogP contribution in [0, 0.1) is 5.41 Å². The zero-order chi connectivity index (χ0) is 26.4. The summed E-state index contributed by atoms with van der Waals surface area (Å²) in [5, 5.41) is 0. The molecule has 6 rings (SSSR count). The normalized spacial score (nSPS) is 18.7. The molecule has 0 fully saturated rings. The monoisotopic (exact) mass is 529 g/mol. The quantitative estimate of drug-likeness (QED) is 0.345. The van der Waals surface area contributed by atoms with Crippen LogP contribution in [0.3, 0.4) is 0 Å². The molecule has 0 N–H and O–H groups in total. The molecular weight excluding hydrogens is 494 g/mol. The molecule has 3 heterocycles. The van der Waals surface area contributed by atoms with Gasteiger partial charge in [-0.2, -0.15) is 0 Å². The van der Waals surface area contributed by atoms with Gasteiger partial charge in [0.2, 0.25) is 0 Å². The van der Waals surface area contributed by atoms with Crippen molar-refractivity contribution in [3.05, 3.63) is 64.6 Å². The van der Waals surface area contributed by atoms with Crippen molar-refractivity contribution in [2.75, 3.05) is 39.3 Å². The van der Waals surface area contributed by atoms with E-state index in [2.05, 4.69) is 79.1 Å². The van der Waals surface area contributed by atoms with E-state index in [1.54, 1.807) is 11.3 Å². The predicted molar refractivity (Wildman–Crippen MR) is 153 cm³/mol. The summed E-state index contributed by atoms with van der Waals surface area (Å²) in [5.74, 6) is 2.84. The highest BCUT2D eigenvalue weighted by atomic mass is 32.1. The standard InChI is InChI=1S/C30H35N5O2S/c1-30(2)15-22-23(14-27(30)36-5)32-28(17-34(3)4)33-29(22)35-10-11-37-25-8-6-19(12-21(25)16-35)20-7-9-26-24(13-20)31-18-38-26/h6-9,12-13,18,27H,10-11,14-17H2,1-5H3. The molecule has 1 aliphatic carbocycles. The van der Waals surface area contributed by atoms with E-state index in [0.717, 1.165) is 54.5 Å². The van der Waals surface area contributed by atoms with Gasteiger partial charge in [-0.1, -0.05) is 26.0 Å². The van der Waals surface area contributed by atoms with Crippen molar-refractivity contribution >= 4 is 27.4 Å². The van der Waals surface area contributed by atoms with Gasteiger partial charge in [-0.15, -0.1) is 11.3 Å². The van der Waals surface area contributed by atoms with E-state index in [4.69, 9.17) is 19.4 Å². The number of nitrogens with zero attached hydrogens (tertiary/aromatic N) is 5. The zero-order valence-corrected chi connectivity index (χ0v) is 23.6. The maximum absolute atomic E-state index is 6.24. The Bertz CT molecular complexity index is 1480. The predicted octanol–water partition coefficient (Wildman–Crippen LogP) is 5.35. The fraction of sp³-hybridized carbons (Fsp3) is 0.433. The van der Waals surface area contributed by atoms with Crippen molar-refractivity contribution in [1.29, 1.82) is 0 Å². The second kappa shape index (κ2) is 9.91. The number of hydrogen-bond acceptors (Lipinski definition) is 8. The van der Waals surface area contributed by atoms with Crippen LogP contribution in [0.1, 0.15) is 36.5 Å². The largest absolute Gasteiger partial charge is 0.491 e. The van der Waals surface area contributed by atoms with Crippen LogP contribution < -0.4 is 9.64 Å². The second-order valence-corrected chi connectivity index (χ2v) is 12.2. The molecule has 198 valence electrons. The van der Waals surface area contributed by atoms with Gasteiger partial charge in [0.05, 0.1) is 40.6 Å². The molecule has 1 unspecified atom stereocenters. The maximum Gasteiger partial charge on any atom is 0.144 e. The van der Waals surface area contributed by atoms with Crippen molar-refractivity contribution in [1.82, 2.24) is 19.9 Å². The van der Waals surface area contributed by atoms with Gasteiger partial charge in [0.25, 0.3) is 0 Å². The van der Waals surface area contributed by atoms with E-state index < -0.39 is 0 Å². The lowest BCUT2D eigenvalue weighted by Crippen LogP contribution is -2.41. The third-order valence-electron chi connectivity index (χ3n) is 7.75. The Hall–Kier alpha value is -3.07. The van der Waals surface area contributed by atoms with E-state index in [0.29, 0.717) is 13.2 Å². The van der Waals surface area contributed by atoms with Crippen molar-refractivity contribution in [3.8, 4) is 16.9 Å². The van der Waals surface area contributed by atoms with Crippen LogP contribution in [0.4, 0.5) is 5.82 Å². The summed E-state index contributed by atoms with van der Waals surface area (Å²) in [6.45, 7) is 7.39. The lowest BCUT2D eigenvalue weighted by atomic mass is 9.73. The Morgan fingerprint density at radius 2 is 1.95 bits per heavy atom. The number of aromatic nitrogens is 3. The molecule has 1 aliphatic heterocycles. The van der Waals surface area contributed by atoms with Crippen LogP contribution in [0.15, 0.2) is 41.9 Å². The lowest BCUT2D eigenvalue weighted by Gasteiger charge is -2.40. The molecule has 0 radical (unpaired) electrons. The topological polar surface area (TPSA) is 63.6 Å². The van der Waals surface area contributed by atoms with E-state index >= 15 is 0 Å². The summed E-state index contributed by atoms with van der Waals surface area (Å²) in [7, 11) is 5.93. The number of hydrogen-bond donors (Lipinski definition) is 0. The van der Waals surface area contributed by atoms with Crippen molar-refractivity contribution in [3.63, 3.8) is 0 Å². The van der Waals surface area contributed by atoms with E-state index in [1.807, 2.05) is 12.6 Å². The van der Waals surface area contributed by atoms with Gasteiger partial charge in [-0.3, -0.25) is 0 Å². The Morgan fingerprint density at radius 1 is 1.13 bits per heavy atom. The van der Waals surface area contributed by atoms with Crippen LogP contribution in [0.2, 0.25) is 0 Å². The number of methoxy groups -OCH3 is 1. The third kappa shape index (κ3) is 4.77. The number of fused-ring (bicyclic) bond motifs is 3. The lowest BCUT2D eigenvalue weighted by molar-refractivity contribution is -0.000218. The molecule has 2 aliphatic rings. The molecule has 0 saturated carbocycles. The first kappa shape index (κ1) is 25.2. The average molecular weight is 530 g/mol. The number of anilines is 1. The highest BCUT2D eigenvalue weighted by Gasteiger charge is 2.39. The van der Waals surface area contributed by atoms with Crippen LogP contribution in [0.5, 0.6) is 5.75 Å². The maximum atomic E-state index is 6.24. The van der Waals surface area contributed by atoms with Gasteiger partial charge in [0.1, 0.15) is 24.0 Å². The summed E-state index contributed by atoms with van der Waals surface area (Å²) < 4.78 is 13.4. The number of rotatable bonds is 5. The van der Waals surface area contributed by atoms with Gasteiger partial charge in [0, 0.05) is 31.2 Å². The van der Waals surface area contributed by atoms with Crippen LogP contribution in [-0.4, -0.2) is 60.3 Å². The minimum absolute atomic E-state index is 0.00465. The van der Waals surface area contributed by atoms with Gasteiger partial charge in [-0.05, 0) is 61.3 Å². The smallest absolute Gasteiger partial charge is 0.144 e. The summed E-state index contributed by atoms with van der Waals surface area (Å²) in [6, 6.07) is 13.0. The van der Waals surface area contributed by atoms with Gasteiger partial charge in [0.15, 0.2) is 0 Å². The van der Waals surface area contributed by atoms with Gasteiger partial charge in [-0.25, -0.2) is 15.0 Å². The Morgan fingerprint density at radius 3 is 2.76 bits per heavy atom. The van der Waals surface area contributed by atoms with E-state index in [1.165, 1.54) is 27.0 Å². The summed E-state index contributed by atoms with van der Waals surface area (Å²) in [6.07, 6.45) is 1.82. The van der Waals surface area contributed by atoms with Crippen molar-refractivity contribution in [2.24, 2.45) is 5.41 Å². The van der Waals surface area contributed by atoms with Crippen molar-refractivity contribution in [2.45, 2.75) is 45.9 Å². The molecule has 2 aromatic carbocycles. The number of ether oxygens (including phenoxy) is 2. The summed E-state index contributed by atoms with van der Waals surface area (Å²) in [5.41, 5.74) is 8.83. The Labute approximate surface area is 228 Å². The van der Waals surface area contributed by atoms with E-state index in [9.17, 15) is 0 Å². The third-order valence-corrected chi connectivity index (χ3v) is 8.56. The molecule has 2 aromatic heterocycles. The zero-order valence-electron chi connectivity index (χ0n) is 22.8. The van der Waals surface area contributed by atoms with Crippen LogP contribution >= 0.6 is 11.3 Å². The molecule has 4 aromatic rings. The highest BCUT2D eigenvalue weighted by Crippen LogP contribution is 2.41. The van der Waals surface area contributed by atoms with Crippen molar-refractivity contribution < 1.29 is 9.47 Å². The van der Waals surface area contributed by atoms with Crippen LogP contribution in [-0.2, 0) is 30.7 Å². The van der Waals surface area contributed by atoms with Crippen LogP contribution in [0.25, 0.3) is 21.3 Å². The molecule has 8 heteroatoms. The minimum Gasteiger partial charge on any atom is -0.491 e. The molecular formula is C30H35N5O2S. The summed E-state index contributed by atoms with van der Waals surface area (Å²) in [4.78, 5) is 19.2. The average Bonchev–Trinajstić information content (AvgIpc) is 3.25. The SMILES string of the molecule is COC1Cc2nc(CN(C)C)nc(N3CCOc4ccc(-c5ccc6scnc6c5)cc4C3)c2CC1(C)C. The summed E-state index contributed by atoms with van der Waals surface area (Å²) >= 11 is 1.67. The number of benzene rings is 2.